The summed E-state index contributed by atoms with van der Waals surface area (Å²) in [6, 6.07) is 17.3. The van der Waals surface area contributed by atoms with Crippen LogP contribution < -0.4 is 4.90 Å². The van der Waals surface area contributed by atoms with Gasteiger partial charge in [-0.15, -0.1) is 0 Å². The summed E-state index contributed by atoms with van der Waals surface area (Å²) >= 11 is 3.47. The molecule has 0 spiro atoms. The Morgan fingerprint density at radius 2 is 1.76 bits per heavy atom. The topological polar surface area (TPSA) is 3.24 Å². The summed E-state index contributed by atoms with van der Waals surface area (Å²) in [4.78, 5) is 2.46. The summed E-state index contributed by atoms with van der Waals surface area (Å²) in [7, 11) is 0. The van der Waals surface area contributed by atoms with E-state index >= 15 is 0 Å². The van der Waals surface area contributed by atoms with Gasteiger partial charge in [0.05, 0.1) is 0 Å². The predicted octanol–water partition coefficient (Wildman–Crippen LogP) is 4.01. The Bertz CT molecular complexity index is 519. The van der Waals surface area contributed by atoms with Gasteiger partial charge in [0.2, 0.25) is 0 Å². The molecule has 0 N–H and O–H groups in total. The minimum atomic E-state index is 1.00. The molecule has 0 saturated heterocycles. The van der Waals surface area contributed by atoms with Gasteiger partial charge in [0.1, 0.15) is 0 Å². The highest BCUT2D eigenvalue weighted by atomic mass is 79.9. The van der Waals surface area contributed by atoms with Crippen LogP contribution in [0.2, 0.25) is 0 Å². The van der Waals surface area contributed by atoms with Crippen LogP contribution in [0.1, 0.15) is 11.1 Å². The van der Waals surface area contributed by atoms with Gasteiger partial charge in [-0.25, -0.2) is 0 Å². The van der Waals surface area contributed by atoms with E-state index in [0.29, 0.717) is 0 Å². The molecule has 1 heterocycles. The average molecular weight is 288 g/mol. The summed E-state index contributed by atoms with van der Waals surface area (Å²) in [6.07, 6.45) is 1.17. The molecule has 2 aromatic rings. The van der Waals surface area contributed by atoms with Crippen molar-refractivity contribution in [2.24, 2.45) is 0 Å². The molecular weight excluding hydrogens is 274 g/mol. The highest BCUT2D eigenvalue weighted by molar-refractivity contribution is 9.10. The van der Waals surface area contributed by atoms with Crippen molar-refractivity contribution in [3.8, 4) is 0 Å². The smallest absolute Gasteiger partial charge is 0.0429 e. The Morgan fingerprint density at radius 1 is 1.00 bits per heavy atom. The number of fused-ring (bicyclic) bond motifs is 1. The number of rotatable bonds is 2. The maximum absolute atomic E-state index is 3.47. The fourth-order valence-corrected chi connectivity index (χ4v) is 2.65. The van der Waals surface area contributed by atoms with Crippen LogP contribution in [0, 0.1) is 0 Å². The molecule has 3 rings (SSSR count). The molecule has 0 fully saturated rings. The van der Waals surface area contributed by atoms with Crippen LogP contribution in [0.4, 0.5) is 5.69 Å². The third-order valence-corrected chi connectivity index (χ3v) is 3.80. The molecule has 0 aliphatic carbocycles. The molecule has 0 saturated carbocycles. The van der Waals surface area contributed by atoms with E-state index in [0.717, 1.165) is 17.6 Å². The van der Waals surface area contributed by atoms with E-state index in [1.54, 1.807) is 0 Å². The quantitative estimate of drug-likeness (QED) is 0.807. The van der Waals surface area contributed by atoms with Crippen molar-refractivity contribution in [3.05, 3.63) is 64.1 Å². The first kappa shape index (κ1) is 10.8. The van der Waals surface area contributed by atoms with Gasteiger partial charge in [0, 0.05) is 23.2 Å². The summed E-state index contributed by atoms with van der Waals surface area (Å²) in [5.41, 5.74) is 4.24. The van der Waals surface area contributed by atoms with Crippen LogP contribution in [0.25, 0.3) is 0 Å². The molecule has 0 aromatic heterocycles. The predicted molar refractivity (Wildman–Crippen MR) is 75.3 cm³/mol. The maximum Gasteiger partial charge on any atom is 0.0429 e. The SMILES string of the molecule is Brc1ccc(CN2CCc3ccccc32)cc1. The molecule has 0 amide bonds. The third-order valence-electron chi connectivity index (χ3n) is 3.27. The van der Waals surface area contributed by atoms with E-state index in [9.17, 15) is 0 Å². The number of benzene rings is 2. The Balaban J connectivity index is 1.81. The second-order valence-electron chi connectivity index (χ2n) is 4.43. The van der Waals surface area contributed by atoms with E-state index in [2.05, 4.69) is 69.4 Å². The van der Waals surface area contributed by atoms with E-state index in [-0.39, 0.29) is 0 Å². The molecular formula is C15H14BrN. The second kappa shape index (κ2) is 4.53. The molecule has 2 aromatic carbocycles. The zero-order chi connectivity index (χ0) is 11.7. The first-order valence-corrected chi connectivity index (χ1v) is 6.69. The lowest BCUT2D eigenvalue weighted by Gasteiger charge is -2.19. The molecule has 0 bridgehead atoms. The van der Waals surface area contributed by atoms with Gasteiger partial charge in [-0.2, -0.15) is 0 Å². The number of hydrogen-bond donors (Lipinski definition) is 0. The zero-order valence-electron chi connectivity index (χ0n) is 9.57. The number of halogens is 1. The highest BCUT2D eigenvalue weighted by Crippen LogP contribution is 2.28. The molecule has 86 valence electrons. The standard InChI is InChI=1S/C15H14BrN/c16-14-7-5-12(6-8-14)11-17-10-9-13-3-1-2-4-15(13)17/h1-8H,9-11H2. The minimum absolute atomic E-state index is 1.00. The molecule has 0 unspecified atom stereocenters. The highest BCUT2D eigenvalue weighted by Gasteiger charge is 2.17. The Kier molecular flexibility index (Phi) is 2.89. The average Bonchev–Trinajstić information content (AvgIpc) is 2.76. The zero-order valence-corrected chi connectivity index (χ0v) is 11.2. The van der Waals surface area contributed by atoms with Gasteiger partial charge in [-0.3, -0.25) is 0 Å². The van der Waals surface area contributed by atoms with Crippen molar-refractivity contribution in [1.29, 1.82) is 0 Å². The Hall–Kier alpha value is -1.28. The van der Waals surface area contributed by atoms with Gasteiger partial charge < -0.3 is 4.90 Å². The Morgan fingerprint density at radius 3 is 2.59 bits per heavy atom. The summed E-state index contributed by atoms with van der Waals surface area (Å²) in [5.74, 6) is 0. The first-order chi connectivity index (χ1) is 8.33. The lowest BCUT2D eigenvalue weighted by molar-refractivity contribution is 0.836. The monoisotopic (exact) mass is 287 g/mol. The van der Waals surface area contributed by atoms with Crippen LogP contribution in [-0.2, 0) is 13.0 Å². The lowest BCUT2D eigenvalue weighted by atomic mass is 10.2. The summed E-state index contributed by atoms with van der Waals surface area (Å²) < 4.78 is 1.14. The Labute approximate surface area is 110 Å². The number of para-hydroxylation sites is 1. The lowest BCUT2D eigenvalue weighted by Crippen LogP contribution is -2.19. The van der Waals surface area contributed by atoms with E-state index in [1.165, 1.54) is 23.2 Å². The largest absolute Gasteiger partial charge is 0.367 e. The van der Waals surface area contributed by atoms with Gasteiger partial charge >= 0.3 is 0 Å². The van der Waals surface area contributed by atoms with E-state index in [1.807, 2.05) is 0 Å². The number of nitrogens with zero attached hydrogens (tertiary/aromatic N) is 1. The van der Waals surface area contributed by atoms with Gasteiger partial charge in [0.15, 0.2) is 0 Å². The molecule has 0 atom stereocenters. The van der Waals surface area contributed by atoms with Crippen molar-refractivity contribution in [2.45, 2.75) is 13.0 Å². The van der Waals surface area contributed by atoms with Gasteiger partial charge in [-0.1, -0.05) is 46.3 Å². The molecule has 1 aliphatic heterocycles. The summed E-state index contributed by atoms with van der Waals surface area (Å²) in [6.45, 7) is 2.14. The normalized spacial score (nSPS) is 13.8. The van der Waals surface area contributed by atoms with Crippen molar-refractivity contribution in [3.63, 3.8) is 0 Å². The second-order valence-corrected chi connectivity index (χ2v) is 5.34. The van der Waals surface area contributed by atoms with E-state index < -0.39 is 0 Å². The number of anilines is 1. The van der Waals surface area contributed by atoms with E-state index in [4.69, 9.17) is 0 Å². The van der Waals surface area contributed by atoms with Crippen molar-refractivity contribution >= 4 is 21.6 Å². The van der Waals surface area contributed by atoms with Crippen LogP contribution in [0.5, 0.6) is 0 Å². The fourth-order valence-electron chi connectivity index (χ4n) is 2.38. The van der Waals surface area contributed by atoms with Crippen molar-refractivity contribution < 1.29 is 0 Å². The van der Waals surface area contributed by atoms with Crippen LogP contribution in [0.3, 0.4) is 0 Å². The molecule has 0 radical (unpaired) electrons. The third kappa shape index (κ3) is 2.22. The van der Waals surface area contributed by atoms with Crippen LogP contribution in [-0.4, -0.2) is 6.54 Å². The van der Waals surface area contributed by atoms with Crippen LogP contribution >= 0.6 is 15.9 Å². The maximum atomic E-state index is 3.47. The van der Waals surface area contributed by atoms with Crippen molar-refractivity contribution in [1.82, 2.24) is 0 Å². The number of hydrogen-bond acceptors (Lipinski definition) is 1. The van der Waals surface area contributed by atoms with Gasteiger partial charge in [0.25, 0.3) is 0 Å². The van der Waals surface area contributed by atoms with Crippen LogP contribution in [0.15, 0.2) is 53.0 Å². The first-order valence-electron chi connectivity index (χ1n) is 5.90. The fraction of sp³-hybridized carbons (Fsp3) is 0.200. The van der Waals surface area contributed by atoms with Crippen molar-refractivity contribution in [2.75, 3.05) is 11.4 Å². The molecule has 1 aliphatic rings. The minimum Gasteiger partial charge on any atom is -0.367 e. The molecule has 2 heteroatoms. The van der Waals surface area contributed by atoms with Gasteiger partial charge in [-0.05, 0) is 35.7 Å². The summed E-state index contributed by atoms with van der Waals surface area (Å²) in [5, 5.41) is 0. The molecule has 17 heavy (non-hydrogen) atoms. The molecule has 1 nitrogen and oxygen atoms in total.